The van der Waals surface area contributed by atoms with Crippen LogP contribution >= 0.6 is 11.3 Å². The van der Waals surface area contributed by atoms with E-state index in [4.69, 9.17) is 0 Å². The highest BCUT2D eigenvalue weighted by Crippen LogP contribution is 2.31. The maximum absolute atomic E-state index is 12.7. The van der Waals surface area contributed by atoms with Crippen molar-refractivity contribution in [3.8, 4) is 0 Å². The van der Waals surface area contributed by atoms with Crippen LogP contribution in [-0.4, -0.2) is 59.1 Å². The van der Waals surface area contributed by atoms with Gasteiger partial charge in [0.1, 0.15) is 0 Å². The monoisotopic (exact) mass is 336 g/mol. The van der Waals surface area contributed by atoms with Gasteiger partial charge in [-0.2, -0.15) is 0 Å². The van der Waals surface area contributed by atoms with E-state index in [9.17, 15) is 9.90 Å². The van der Waals surface area contributed by atoms with Crippen molar-refractivity contribution in [3.05, 3.63) is 21.9 Å². The molecule has 5 heteroatoms. The van der Waals surface area contributed by atoms with Gasteiger partial charge in [0.15, 0.2) is 0 Å². The molecule has 23 heavy (non-hydrogen) atoms. The Hall–Kier alpha value is -0.910. The van der Waals surface area contributed by atoms with E-state index < -0.39 is 6.10 Å². The van der Waals surface area contributed by atoms with Crippen LogP contribution in [0.1, 0.15) is 60.7 Å². The number of carbonyl (C=O) groups excluding carboxylic acids is 1. The van der Waals surface area contributed by atoms with E-state index in [1.807, 2.05) is 18.5 Å². The predicted molar refractivity (Wildman–Crippen MR) is 94.1 cm³/mol. The zero-order valence-electron chi connectivity index (χ0n) is 14.4. The highest BCUT2D eigenvalue weighted by Gasteiger charge is 2.42. The summed E-state index contributed by atoms with van der Waals surface area (Å²) in [4.78, 5) is 18.2. The van der Waals surface area contributed by atoms with Crippen molar-refractivity contribution in [1.82, 2.24) is 9.80 Å². The first-order valence-corrected chi connectivity index (χ1v) is 9.64. The minimum absolute atomic E-state index is 0.0410. The molecule has 0 bridgehead atoms. The lowest BCUT2D eigenvalue weighted by atomic mass is 10.1. The number of hydrogen-bond acceptors (Lipinski definition) is 4. The summed E-state index contributed by atoms with van der Waals surface area (Å²) in [7, 11) is 1.84. The summed E-state index contributed by atoms with van der Waals surface area (Å²) in [5, 5.41) is 12.7. The summed E-state index contributed by atoms with van der Waals surface area (Å²) < 4.78 is 0. The van der Waals surface area contributed by atoms with Crippen molar-refractivity contribution in [2.24, 2.45) is 0 Å². The van der Waals surface area contributed by atoms with Gasteiger partial charge in [-0.1, -0.05) is 13.8 Å². The zero-order valence-corrected chi connectivity index (χ0v) is 15.2. The zero-order chi connectivity index (χ0) is 16.6. The molecule has 1 saturated heterocycles. The highest BCUT2D eigenvalue weighted by molar-refractivity contribution is 7.10. The number of aliphatic hydroxyl groups excluding tert-OH is 1. The maximum atomic E-state index is 12.7. The Labute approximate surface area is 143 Å². The van der Waals surface area contributed by atoms with Crippen molar-refractivity contribution in [2.45, 2.75) is 63.6 Å². The third-order valence-electron chi connectivity index (χ3n) is 5.41. The summed E-state index contributed by atoms with van der Waals surface area (Å²) in [6.07, 6.45) is 3.92. The molecule has 4 nitrogen and oxygen atoms in total. The van der Waals surface area contributed by atoms with E-state index in [0.29, 0.717) is 5.92 Å². The first-order valence-electron chi connectivity index (χ1n) is 8.76. The number of hydrogen-bond donors (Lipinski definition) is 1. The average Bonchev–Trinajstić information content (AvgIpc) is 3.25. The number of carbonyl (C=O) groups is 1. The second-order valence-corrected chi connectivity index (χ2v) is 8.20. The first-order chi connectivity index (χ1) is 11.0. The van der Waals surface area contributed by atoms with Crippen molar-refractivity contribution in [3.63, 3.8) is 0 Å². The number of likely N-dealkylation sites (tertiary alicyclic amines) is 1. The van der Waals surface area contributed by atoms with Gasteiger partial charge in [0.2, 0.25) is 0 Å². The van der Waals surface area contributed by atoms with Gasteiger partial charge in [0, 0.05) is 23.3 Å². The number of aliphatic hydroxyl groups is 1. The van der Waals surface area contributed by atoms with E-state index in [1.54, 1.807) is 16.2 Å². The Morgan fingerprint density at radius 1 is 1.35 bits per heavy atom. The summed E-state index contributed by atoms with van der Waals surface area (Å²) in [5.74, 6) is 0.489. The summed E-state index contributed by atoms with van der Waals surface area (Å²) in [6.45, 7) is 6.47. The van der Waals surface area contributed by atoms with Crippen LogP contribution < -0.4 is 0 Å². The molecule has 2 heterocycles. The van der Waals surface area contributed by atoms with Gasteiger partial charge in [-0.15, -0.1) is 11.3 Å². The molecule has 1 aromatic heterocycles. The van der Waals surface area contributed by atoms with Crippen LogP contribution in [0.2, 0.25) is 0 Å². The Balaban J connectivity index is 1.67. The van der Waals surface area contributed by atoms with Crippen molar-refractivity contribution < 1.29 is 9.90 Å². The molecule has 1 N–H and O–H groups in total. The van der Waals surface area contributed by atoms with E-state index in [-0.39, 0.29) is 18.0 Å². The average molecular weight is 337 g/mol. The van der Waals surface area contributed by atoms with Gasteiger partial charge in [-0.3, -0.25) is 9.69 Å². The fourth-order valence-corrected chi connectivity index (χ4v) is 4.86. The van der Waals surface area contributed by atoms with Crippen LogP contribution in [-0.2, 0) is 0 Å². The molecule has 3 atom stereocenters. The molecule has 0 aromatic carbocycles. The van der Waals surface area contributed by atoms with Crippen molar-refractivity contribution in [1.29, 1.82) is 0 Å². The lowest BCUT2D eigenvalue weighted by Gasteiger charge is -2.32. The van der Waals surface area contributed by atoms with Gasteiger partial charge in [0.05, 0.1) is 17.7 Å². The molecule has 0 unspecified atom stereocenters. The Kier molecular flexibility index (Phi) is 5.09. The van der Waals surface area contributed by atoms with Gasteiger partial charge in [0.25, 0.3) is 5.91 Å². The normalized spacial score (nSPS) is 28.7. The standard InChI is InChI=1S/C18H28N2O2S/c1-12(2)16-10-13(11-23-16)18(22)19(3)14-6-7-15(17(14)21)20-8-4-5-9-20/h10-12,14-15,17,21H,4-9H2,1-3H3/t14-,15-,17-/m1/s1. The predicted octanol–water partition coefficient (Wildman–Crippen LogP) is 2.93. The van der Waals surface area contributed by atoms with Gasteiger partial charge >= 0.3 is 0 Å². The maximum Gasteiger partial charge on any atom is 0.254 e. The molecule has 1 amide bonds. The van der Waals surface area contributed by atoms with Crippen LogP contribution in [0, 0.1) is 0 Å². The number of amides is 1. The second kappa shape index (κ2) is 6.91. The molecular formula is C18H28N2O2S. The van der Waals surface area contributed by atoms with Crippen molar-refractivity contribution in [2.75, 3.05) is 20.1 Å². The molecule has 0 radical (unpaired) electrons. The topological polar surface area (TPSA) is 43.8 Å². The van der Waals surface area contributed by atoms with E-state index >= 15 is 0 Å². The lowest BCUT2D eigenvalue weighted by molar-refractivity contribution is 0.0296. The number of likely N-dealkylation sites (N-methyl/N-ethyl adjacent to an activating group) is 1. The highest BCUT2D eigenvalue weighted by atomic mass is 32.1. The van der Waals surface area contributed by atoms with E-state index in [1.165, 1.54) is 17.7 Å². The summed E-state index contributed by atoms with van der Waals surface area (Å²) in [6, 6.07) is 2.18. The van der Waals surface area contributed by atoms with Crippen LogP contribution in [0.5, 0.6) is 0 Å². The molecule has 0 spiro atoms. The molecular weight excluding hydrogens is 308 g/mol. The summed E-state index contributed by atoms with van der Waals surface area (Å²) >= 11 is 1.65. The third kappa shape index (κ3) is 3.32. The third-order valence-corrected chi connectivity index (χ3v) is 6.64. The number of nitrogens with zero attached hydrogens (tertiary/aromatic N) is 2. The van der Waals surface area contributed by atoms with Crippen molar-refractivity contribution >= 4 is 17.2 Å². The molecule has 2 aliphatic rings. The van der Waals surface area contributed by atoms with Crippen LogP contribution in [0.4, 0.5) is 0 Å². The molecule has 128 valence electrons. The second-order valence-electron chi connectivity index (χ2n) is 7.25. The molecule has 2 fully saturated rings. The van der Waals surface area contributed by atoms with Crippen LogP contribution in [0.25, 0.3) is 0 Å². The Bertz CT molecular complexity index is 551. The molecule has 1 saturated carbocycles. The first kappa shape index (κ1) is 16.9. The largest absolute Gasteiger partial charge is 0.389 e. The smallest absolute Gasteiger partial charge is 0.254 e. The quantitative estimate of drug-likeness (QED) is 0.919. The Morgan fingerprint density at radius 2 is 2.04 bits per heavy atom. The minimum atomic E-state index is -0.426. The number of thiophene rings is 1. The van der Waals surface area contributed by atoms with Gasteiger partial charge in [-0.25, -0.2) is 0 Å². The van der Waals surface area contributed by atoms with E-state index in [0.717, 1.165) is 31.5 Å². The van der Waals surface area contributed by atoms with Crippen LogP contribution in [0.15, 0.2) is 11.4 Å². The molecule has 3 rings (SSSR count). The molecule has 1 aromatic rings. The lowest BCUT2D eigenvalue weighted by Crippen LogP contribution is -2.48. The van der Waals surface area contributed by atoms with E-state index in [2.05, 4.69) is 18.7 Å². The molecule has 1 aliphatic heterocycles. The summed E-state index contributed by atoms with van der Waals surface area (Å²) in [5.41, 5.74) is 0.762. The Morgan fingerprint density at radius 3 is 2.65 bits per heavy atom. The fraction of sp³-hybridized carbons (Fsp3) is 0.722. The van der Waals surface area contributed by atoms with Gasteiger partial charge < -0.3 is 10.0 Å². The fourth-order valence-electron chi connectivity index (χ4n) is 3.96. The molecule has 1 aliphatic carbocycles. The van der Waals surface area contributed by atoms with Crippen LogP contribution in [0.3, 0.4) is 0 Å². The van der Waals surface area contributed by atoms with Gasteiger partial charge in [-0.05, 0) is 50.8 Å². The number of rotatable bonds is 4. The SMILES string of the molecule is CC(C)c1cc(C(=O)N(C)[C@@H]2CC[C@@H](N3CCCC3)[C@@H]2O)cs1. The minimum Gasteiger partial charge on any atom is -0.389 e.